The highest BCUT2D eigenvalue weighted by atomic mass is 127. The summed E-state index contributed by atoms with van der Waals surface area (Å²) < 4.78 is 7.48. The van der Waals surface area contributed by atoms with Crippen LogP contribution >= 0.6 is 24.0 Å². The van der Waals surface area contributed by atoms with Gasteiger partial charge in [0.2, 0.25) is 0 Å². The van der Waals surface area contributed by atoms with Crippen molar-refractivity contribution in [2.24, 2.45) is 12.0 Å². The molecule has 7 heteroatoms. The molecule has 1 fully saturated rings. The number of nitrogens with zero attached hydrogens (tertiary/aromatic N) is 3. The monoisotopic (exact) mass is 435 g/mol. The molecule has 2 heterocycles. The Bertz CT molecular complexity index is 494. The molecule has 1 saturated heterocycles. The summed E-state index contributed by atoms with van der Waals surface area (Å²) in [6, 6.07) is 2.11. The van der Waals surface area contributed by atoms with Crippen LogP contribution < -0.4 is 10.6 Å². The van der Waals surface area contributed by atoms with E-state index in [1.165, 1.54) is 5.56 Å². The third-order valence-electron chi connectivity index (χ3n) is 4.13. The van der Waals surface area contributed by atoms with Crippen LogP contribution in [0.5, 0.6) is 0 Å². The molecule has 2 rings (SSSR count). The molecule has 1 aromatic rings. The highest BCUT2D eigenvalue weighted by Crippen LogP contribution is 2.14. The Morgan fingerprint density at radius 3 is 2.57 bits per heavy atom. The average Bonchev–Trinajstić information content (AvgIpc) is 2.94. The predicted octanol–water partition coefficient (Wildman–Crippen LogP) is 1.42. The van der Waals surface area contributed by atoms with Crippen LogP contribution in [0.25, 0.3) is 0 Å². The first-order valence-corrected chi connectivity index (χ1v) is 7.89. The molecule has 1 aliphatic rings. The summed E-state index contributed by atoms with van der Waals surface area (Å²) in [5.41, 5.74) is 1.33. The van der Waals surface area contributed by atoms with Gasteiger partial charge in [0.1, 0.15) is 0 Å². The Morgan fingerprint density at radius 1 is 1.30 bits per heavy atom. The number of aromatic nitrogens is 1. The van der Waals surface area contributed by atoms with Gasteiger partial charge in [-0.2, -0.15) is 0 Å². The number of aliphatic imine (C=N–C) groups is 1. The Balaban J connectivity index is 0.00000264. The van der Waals surface area contributed by atoms with E-state index in [1.807, 2.05) is 14.1 Å². The number of rotatable bonds is 5. The van der Waals surface area contributed by atoms with Gasteiger partial charge in [-0.1, -0.05) is 0 Å². The van der Waals surface area contributed by atoms with Gasteiger partial charge < -0.3 is 19.9 Å². The first-order valence-electron chi connectivity index (χ1n) is 7.89. The number of nitrogens with one attached hydrogen (secondary N) is 2. The minimum absolute atomic E-state index is 0. The third-order valence-corrected chi connectivity index (χ3v) is 4.13. The van der Waals surface area contributed by atoms with Crippen LogP contribution in [0.3, 0.4) is 0 Å². The molecule has 0 aliphatic carbocycles. The molecule has 23 heavy (non-hydrogen) atoms. The van der Waals surface area contributed by atoms with E-state index in [4.69, 9.17) is 4.74 Å². The van der Waals surface area contributed by atoms with Gasteiger partial charge >= 0.3 is 0 Å². The zero-order chi connectivity index (χ0) is 16.0. The van der Waals surface area contributed by atoms with Crippen molar-refractivity contribution in [1.82, 2.24) is 20.1 Å². The smallest absolute Gasteiger partial charge is 0.191 e. The second-order valence-electron chi connectivity index (χ2n) is 6.38. The van der Waals surface area contributed by atoms with Gasteiger partial charge in [-0.15, -0.1) is 24.0 Å². The summed E-state index contributed by atoms with van der Waals surface area (Å²) in [7, 11) is 3.84. The van der Waals surface area contributed by atoms with Crippen molar-refractivity contribution >= 4 is 29.9 Å². The molecule has 0 atom stereocenters. The van der Waals surface area contributed by atoms with E-state index in [9.17, 15) is 0 Å². The number of guanidine groups is 1. The Kier molecular flexibility index (Phi) is 8.35. The molecule has 1 aromatic heterocycles. The van der Waals surface area contributed by atoms with E-state index in [0.29, 0.717) is 0 Å². The number of ether oxygens (including phenoxy) is 1. The van der Waals surface area contributed by atoms with Crippen LogP contribution in [-0.2, 0) is 18.3 Å². The summed E-state index contributed by atoms with van der Waals surface area (Å²) in [6.45, 7) is 9.77. The number of halogens is 1. The van der Waals surface area contributed by atoms with Crippen molar-refractivity contribution in [2.75, 3.05) is 39.9 Å². The molecule has 132 valence electrons. The van der Waals surface area contributed by atoms with Crippen LogP contribution in [-0.4, -0.2) is 60.9 Å². The molecule has 0 bridgehead atoms. The van der Waals surface area contributed by atoms with Crippen LogP contribution in [0.4, 0.5) is 0 Å². The predicted molar refractivity (Wildman–Crippen MR) is 106 cm³/mol. The third kappa shape index (κ3) is 6.31. The minimum Gasteiger partial charge on any atom is -0.379 e. The van der Waals surface area contributed by atoms with Gasteiger partial charge in [0, 0.05) is 58.2 Å². The lowest BCUT2D eigenvalue weighted by Crippen LogP contribution is -2.56. The fourth-order valence-corrected chi connectivity index (χ4v) is 2.65. The van der Waals surface area contributed by atoms with Gasteiger partial charge in [0.25, 0.3) is 0 Å². The Labute approximate surface area is 156 Å². The molecular formula is C16H30IN5O. The second-order valence-corrected chi connectivity index (χ2v) is 6.38. The Morgan fingerprint density at radius 2 is 2.00 bits per heavy atom. The number of morpholine rings is 1. The maximum Gasteiger partial charge on any atom is 0.191 e. The molecule has 1 aliphatic heterocycles. The minimum atomic E-state index is 0. The van der Waals surface area contributed by atoms with Crippen molar-refractivity contribution in [2.45, 2.75) is 25.9 Å². The maximum absolute atomic E-state index is 5.43. The van der Waals surface area contributed by atoms with Crippen LogP contribution in [0.1, 0.15) is 19.4 Å². The largest absolute Gasteiger partial charge is 0.379 e. The highest BCUT2D eigenvalue weighted by molar-refractivity contribution is 14.0. The van der Waals surface area contributed by atoms with Gasteiger partial charge in [-0.25, -0.2) is 0 Å². The van der Waals surface area contributed by atoms with Gasteiger partial charge in [-0.3, -0.25) is 9.89 Å². The molecule has 0 spiro atoms. The van der Waals surface area contributed by atoms with E-state index < -0.39 is 0 Å². The topological polar surface area (TPSA) is 53.8 Å². The van der Waals surface area contributed by atoms with Crippen molar-refractivity contribution in [3.8, 4) is 0 Å². The highest BCUT2D eigenvalue weighted by Gasteiger charge is 2.28. The number of hydrogen-bond donors (Lipinski definition) is 2. The molecule has 2 N–H and O–H groups in total. The van der Waals surface area contributed by atoms with E-state index in [0.717, 1.165) is 45.4 Å². The second kappa shape index (κ2) is 9.48. The molecule has 0 saturated carbocycles. The summed E-state index contributed by atoms with van der Waals surface area (Å²) in [5, 5.41) is 6.79. The quantitative estimate of drug-likeness (QED) is 0.418. The molecule has 0 unspecified atom stereocenters. The van der Waals surface area contributed by atoms with Crippen LogP contribution in [0.2, 0.25) is 0 Å². The van der Waals surface area contributed by atoms with E-state index >= 15 is 0 Å². The summed E-state index contributed by atoms with van der Waals surface area (Å²) in [5.74, 6) is 0.838. The van der Waals surface area contributed by atoms with Gasteiger partial charge in [0.15, 0.2) is 5.96 Å². The van der Waals surface area contributed by atoms with E-state index in [-0.39, 0.29) is 29.5 Å². The van der Waals surface area contributed by atoms with Crippen LogP contribution in [0.15, 0.2) is 23.5 Å². The van der Waals surface area contributed by atoms with Gasteiger partial charge in [0.05, 0.1) is 13.2 Å². The lowest BCUT2D eigenvalue weighted by atomic mass is 10.0. The summed E-state index contributed by atoms with van der Waals surface area (Å²) in [4.78, 5) is 6.77. The average molecular weight is 435 g/mol. The Hall–Kier alpha value is -0.800. The summed E-state index contributed by atoms with van der Waals surface area (Å²) >= 11 is 0. The standard InChI is InChI=1S/C16H29N5O.HI/c1-16(2,21-7-9-22-10-8-21)13-19-15(17-3)18-11-14-5-6-20(4)12-14;/h5-6,12H,7-11,13H2,1-4H3,(H2,17,18,19);1H. The van der Waals surface area contributed by atoms with Crippen LogP contribution in [0, 0.1) is 0 Å². The lowest BCUT2D eigenvalue weighted by Gasteiger charge is -2.41. The molecule has 0 aromatic carbocycles. The zero-order valence-corrected chi connectivity index (χ0v) is 17.0. The SMILES string of the molecule is CN=C(NCc1ccn(C)c1)NCC(C)(C)N1CCOCC1.I. The van der Waals surface area contributed by atoms with E-state index in [2.05, 4.69) is 57.4 Å². The number of hydrogen-bond acceptors (Lipinski definition) is 3. The molecular weight excluding hydrogens is 405 g/mol. The normalized spacial score (nSPS) is 16.8. The van der Waals surface area contributed by atoms with Crippen molar-refractivity contribution in [3.05, 3.63) is 24.0 Å². The van der Waals surface area contributed by atoms with E-state index in [1.54, 1.807) is 0 Å². The molecule has 0 radical (unpaired) electrons. The first-order chi connectivity index (χ1) is 10.5. The summed E-state index contributed by atoms with van der Waals surface area (Å²) in [6.07, 6.45) is 4.16. The molecule has 6 nitrogen and oxygen atoms in total. The maximum atomic E-state index is 5.43. The molecule has 0 amide bonds. The van der Waals surface area contributed by atoms with Crippen molar-refractivity contribution in [1.29, 1.82) is 0 Å². The zero-order valence-electron chi connectivity index (χ0n) is 14.6. The fourth-order valence-electron chi connectivity index (χ4n) is 2.65. The number of aryl methyl sites for hydroxylation is 1. The first kappa shape index (κ1) is 20.2. The fraction of sp³-hybridized carbons (Fsp3) is 0.688. The van der Waals surface area contributed by atoms with Crippen molar-refractivity contribution in [3.63, 3.8) is 0 Å². The lowest BCUT2D eigenvalue weighted by molar-refractivity contribution is -0.00834. The van der Waals surface area contributed by atoms with Crippen molar-refractivity contribution < 1.29 is 4.74 Å². The van der Waals surface area contributed by atoms with Gasteiger partial charge in [-0.05, 0) is 25.5 Å².